The summed E-state index contributed by atoms with van der Waals surface area (Å²) in [7, 11) is 0. The lowest BCUT2D eigenvalue weighted by atomic mass is 10.1. The second-order valence-corrected chi connectivity index (χ2v) is 7.99. The first-order chi connectivity index (χ1) is 16.5. The maximum atomic E-state index is 13.2. The fourth-order valence-electron chi connectivity index (χ4n) is 3.52. The predicted molar refractivity (Wildman–Crippen MR) is 134 cm³/mol. The molecule has 1 fully saturated rings. The van der Waals surface area contributed by atoms with Crippen molar-refractivity contribution in [3.05, 3.63) is 101 Å². The number of hydrogen-bond donors (Lipinski definition) is 1. The number of carbonyl (C=O) groups excluding carboxylic acids is 2. The van der Waals surface area contributed by atoms with E-state index in [0.717, 1.165) is 17.5 Å². The monoisotopic (exact) mass is 467 g/mol. The molecule has 4 rings (SSSR count). The van der Waals surface area contributed by atoms with Crippen molar-refractivity contribution in [2.45, 2.75) is 20.0 Å². The minimum Gasteiger partial charge on any atom is -0.489 e. The van der Waals surface area contributed by atoms with Gasteiger partial charge in [0.05, 0.1) is 17.3 Å². The standard InChI is InChI=1S/C27H21N3O3S/c1-2-18-7-11-22(12-8-18)30-26(32)24(25(31)29-27(30)34)15-19-9-13-23(14-10-19)33-17-21-6-4-3-5-20(21)16-28/h3-15H,2,17H2,1H3,(H,29,31,34)/b24-15+. The molecule has 1 N–H and O–H groups in total. The van der Waals surface area contributed by atoms with Gasteiger partial charge in [0.1, 0.15) is 17.9 Å². The molecule has 1 heterocycles. The van der Waals surface area contributed by atoms with Gasteiger partial charge in [-0.25, -0.2) is 0 Å². The van der Waals surface area contributed by atoms with Crippen LogP contribution in [0, 0.1) is 11.3 Å². The van der Waals surface area contributed by atoms with E-state index in [-0.39, 0.29) is 17.3 Å². The summed E-state index contributed by atoms with van der Waals surface area (Å²) >= 11 is 5.26. The number of amides is 2. The van der Waals surface area contributed by atoms with Gasteiger partial charge in [-0.15, -0.1) is 0 Å². The number of hydrogen-bond acceptors (Lipinski definition) is 5. The first kappa shape index (κ1) is 22.9. The molecule has 0 atom stereocenters. The number of carbonyl (C=O) groups is 2. The zero-order valence-corrected chi connectivity index (χ0v) is 19.3. The van der Waals surface area contributed by atoms with Crippen LogP contribution in [0.15, 0.2) is 78.4 Å². The first-order valence-electron chi connectivity index (χ1n) is 10.7. The summed E-state index contributed by atoms with van der Waals surface area (Å²) in [5.74, 6) is -0.413. The minimum atomic E-state index is -0.537. The van der Waals surface area contributed by atoms with Crippen LogP contribution in [0.1, 0.15) is 29.2 Å². The summed E-state index contributed by atoms with van der Waals surface area (Å²) in [6.07, 6.45) is 2.41. The molecule has 34 heavy (non-hydrogen) atoms. The van der Waals surface area contributed by atoms with Crippen LogP contribution in [0.2, 0.25) is 0 Å². The zero-order valence-electron chi connectivity index (χ0n) is 18.4. The second-order valence-electron chi connectivity index (χ2n) is 7.60. The number of nitrogens with zero attached hydrogens (tertiary/aromatic N) is 2. The third-order valence-corrected chi connectivity index (χ3v) is 5.71. The number of thiocarbonyl (C=S) groups is 1. The van der Waals surface area contributed by atoms with E-state index in [0.29, 0.717) is 22.6 Å². The van der Waals surface area contributed by atoms with Crippen LogP contribution < -0.4 is 15.0 Å². The zero-order chi connectivity index (χ0) is 24.1. The molecule has 168 valence electrons. The summed E-state index contributed by atoms with van der Waals surface area (Å²) in [6, 6.07) is 23.9. The molecule has 0 saturated carbocycles. The average Bonchev–Trinajstić information content (AvgIpc) is 2.86. The Morgan fingerprint density at radius 1 is 1.03 bits per heavy atom. The van der Waals surface area contributed by atoms with Crippen molar-refractivity contribution in [2.24, 2.45) is 0 Å². The number of aryl methyl sites for hydroxylation is 1. The maximum absolute atomic E-state index is 13.2. The maximum Gasteiger partial charge on any atom is 0.270 e. The first-order valence-corrected chi connectivity index (χ1v) is 11.1. The highest BCUT2D eigenvalue weighted by Crippen LogP contribution is 2.23. The highest BCUT2D eigenvalue weighted by atomic mass is 32.1. The number of benzene rings is 3. The van der Waals surface area contributed by atoms with Crippen LogP contribution >= 0.6 is 12.2 Å². The van der Waals surface area contributed by atoms with Crippen LogP contribution in [-0.4, -0.2) is 16.9 Å². The molecule has 7 heteroatoms. The van der Waals surface area contributed by atoms with Crippen molar-refractivity contribution in [3.63, 3.8) is 0 Å². The Labute approximate surface area is 203 Å². The SMILES string of the molecule is CCc1ccc(N2C(=O)/C(=C/c3ccc(OCc4ccccc4C#N)cc3)C(=O)NC2=S)cc1. The molecule has 3 aromatic rings. The van der Waals surface area contributed by atoms with Gasteiger partial charge in [-0.05, 0) is 66.2 Å². The molecule has 3 aromatic carbocycles. The fraction of sp³-hybridized carbons (Fsp3) is 0.111. The number of ether oxygens (including phenoxy) is 1. The van der Waals surface area contributed by atoms with Crippen LogP contribution in [0.25, 0.3) is 6.08 Å². The number of nitriles is 1. The summed E-state index contributed by atoms with van der Waals surface area (Å²) < 4.78 is 5.79. The molecule has 0 bridgehead atoms. The molecule has 6 nitrogen and oxygen atoms in total. The summed E-state index contributed by atoms with van der Waals surface area (Å²) in [5.41, 5.74) is 3.75. The largest absolute Gasteiger partial charge is 0.489 e. The Balaban J connectivity index is 1.51. The molecule has 0 aromatic heterocycles. The van der Waals surface area contributed by atoms with Crippen molar-refractivity contribution in [2.75, 3.05) is 4.90 Å². The van der Waals surface area contributed by atoms with Gasteiger partial charge in [0.15, 0.2) is 5.11 Å². The molecule has 0 aliphatic carbocycles. The van der Waals surface area contributed by atoms with Gasteiger partial charge in [0, 0.05) is 5.56 Å². The Morgan fingerprint density at radius 3 is 2.41 bits per heavy atom. The number of nitrogens with one attached hydrogen (secondary N) is 1. The van der Waals surface area contributed by atoms with E-state index in [1.165, 1.54) is 11.0 Å². The normalized spacial score (nSPS) is 14.6. The van der Waals surface area contributed by atoms with E-state index in [9.17, 15) is 14.9 Å². The average molecular weight is 468 g/mol. The van der Waals surface area contributed by atoms with Crippen molar-refractivity contribution in [1.82, 2.24) is 5.32 Å². The smallest absolute Gasteiger partial charge is 0.270 e. The third kappa shape index (κ3) is 4.87. The molecule has 0 spiro atoms. The van der Waals surface area contributed by atoms with Crippen molar-refractivity contribution < 1.29 is 14.3 Å². The van der Waals surface area contributed by atoms with E-state index in [4.69, 9.17) is 17.0 Å². The van der Waals surface area contributed by atoms with Gasteiger partial charge < -0.3 is 4.74 Å². The van der Waals surface area contributed by atoms with E-state index >= 15 is 0 Å². The lowest BCUT2D eigenvalue weighted by molar-refractivity contribution is -0.122. The van der Waals surface area contributed by atoms with Crippen molar-refractivity contribution in [1.29, 1.82) is 5.26 Å². The number of anilines is 1. The van der Waals surface area contributed by atoms with Crippen LogP contribution in [0.4, 0.5) is 5.69 Å². The molecule has 2 amide bonds. The highest BCUT2D eigenvalue weighted by molar-refractivity contribution is 7.80. The summed E-state index contributed by atoms with van der Waals surface area (Å²) in [6.45, 7) is 2.31. The molecule has 1 saturated heterocycles. The van der Waals surface area contributed by atoms with Crippen LogP contribution in [-0.2, 0) is 22.6 Å². The third-order valence-electron chi connectivity index (χ3n) is 5.43. The summed E-state index contributed by atoms with van der Waals surface area (Å²) in [4.78, 5) is 27.0. The lowest BCUT2D eigenvalue weighted by Gasteiger charge is -2.29. The van der Waals surface area contributed by atoms with Gasteiger partial charge in [-0.1, -0.05) is 49.4 Å². The number of rotatable bonds is 6. The molecule has 1 aliphatic heterocycles. The van der Waals surface area contributed by atoms with Gasteiger partial charge in [0.2, 0.25) is 0 Å². The van der Waals surface area contributed by atoms with Crippen LogP contribution in [0.3, 0.4) is 0 Å². The Bertz CT molecular complexity index is 1320. The molecule has 1 aliphatic rings. The van der Waals surface area contributed by atoms with Crippen molar-refractivity contribution >= 4 is 40.9 Å². The minimum absolute atomic E-state index is 0.00946. The van der Waals surface area contributed by atoms with Crippen molar-refractivity contribution in [3.8, 4) is 11.8 Å². The van der Waals surface area contributed by atoms with E-state index in [2.05, 4.69) is 11.4 Å². The van der Waals surface area contributed by atoms with Gasteiger partial charge in [-0.2, -0.15) is 5.26 Å². The predicted octanol–water partition coefficient (Wildman–Crippen LogP) is 4.53. The van der Waals surface area contributed by atoms with Gasteiger partial charge in [-0.3, -0.25) is 19.8 Å². The highest BCUT2D eigenvalue weighted by Gasteiger charge is 2.34. The molecule has 0 unspecified atom stereocenters. The Kier molecular flexibility index (Phi) is 6.81. The topological polar surface area (TPSA) is 82.4 Å². The van der Waals surface area contributed by atoms with E-state index in [1.54, 1.807) is 36.4 Å². The quantitative estimate of drug-likeness (QED) is 0.327. The van der Waals surface area contributed by atoms with E-state index in [1.807, 2.05) is 43.3 Å². The Hall–Kier alpha value is -4.28. The van der Waals surface area contributed by atoms with E-state index < -0.39 is 11.8 Å². The van der Waals surface area contributed by atoms with Crippen LogP contribution in [0.5, 0.6) is 5.75 Å². The van der Waals surface area contributed by atoms with Gasteiger partial charge in [0.25, 0.3) is 11.8 Å². The lowest BCUT2D eigenvalue weighted by Crippen LogP contribution is -2.54. The fourth-order valence-corrected chi connectivity index (χ4v) is 3.80. The molecular formula is C27H21N3O3S. The molecule has 0 radical (unpaired) electrons. The molecular weight excluding hydrogens is 446 g/mol. The Morgan fingerprint density at radius 2 is 1.74 bits per heavy atom. The van der Waals surface area contributed by atoms with Gasteiger partial charge >= 0.3 is 0 Å². The summed E-state index contributed by atoms with van der Waals surface area (Å²) in [5, 5.41) is 11.8. The second kappa shape index (κ2) is 10.1.